The van der Waals surface area contributed by atoms with E-state index in [1.165, 1.54) is 30.0 Å². The number of nitrogens with zero attached hydrogens (tertiary/aromatic N) is 1. The normalized spacial score (nSPS) is 12.3. The van der Waals surface area contributed by atoms with E-state index in [2.05, 4.69) is 0 Å². The first-order valence-electron chi connectivity index (χ1n) is 5.97. The minimum absolute atomic E-state index is 0.160. The molecular weight excluding hydrogens is 248 g/mol. The lowest BCUT2D eigenvalue weighted by Gasteiger charge is -2.24. The van der Waals surface area contributed by atoms with Gasteiger partial charge in [-0.15, -0.1) is 0 Å². The standard InChI is InChI=1S/C15H15F2NO/c1-10(19)15-12(17)7-5-9-14(15)18(2)13-8-4-3-6-11(13)16/h3-10,19H,1-2H3. The predicted octanol–water partition coefficient (Wildman–Crippen LogP) is 3.79. The summed E-state index contributed by atoms with van der Waals surface area (Å²) in [5.41, 5.74) is 0.934. The van der Waals surface area contributed by atoms with Gasteiger partial charge in [-0.3, -0.25) is 0 Å². The molecule has 0 aromatic heterocycles. The van der Waals surface area contributed by atoms with E-state index < -0.39 is 17.7 Å². The maximum Gasteiger partial charge on any atom is 0.146 e. The van der Waals surface area contributed by atoms with Crippen LogP contribution < -0.4 is 4.90 Å². The average molecular weight is 263 g/mol. The third kappa shape index (κ3) is 2.58. The zero-order valence-electron chi connectivity index (χ0n) is 10.8. The lowest BCUT2D eigenvalue weighted by Crippen LogP contribution is -2.15. The largest absolute Gasteiger partial charge is 0.389 e. The van der Waals surface area contributed by atoms with E-state index in [9.17, 15) is 13.9 Å². The minimum Gasteiger partial charge on any atom is -0.389 e. The van der Waals surface area contributed by atoms with Crippen LogP contribution in [0, 0.1) is 11.6 Å². The third-order valence-corrected chi connectivity index (χ3v) is 3.02. The van der Waals surface area contributed by atoms with E-state index in [-0.39, 0.29) is 5.56 Å². The molecule has 0 fully saturated rings. The number of aliphatic hydroxyl groups is 1. The van der Waals surface area contributed by atoms with Gasteiger partial charge < -0.3 is 10.0 Å². The summed E-state index contributed by atoms with van der Waals surface area (Å²) in [7, 11) is 1.64. The van der Waals surface area contributed by atoms with Gasteiger partial charge in [-0.1, -0.05) is 18.2 Å². The van der Waals surface area contributed by atoms with Gasteiger partial charge in [0.2, 0.25) is 0 Å². The number of rotatable bonds is 3. The Hall–Kier alpha value is -1.94. The van der Waals surface area contributed by atoms with E-state index in [0.717, 1.165) is 0 Å². The molecule has 0 aliphatic carbocycles. The van der Waals surface area contributed by atoms with E-state index >= 15 is 0 Å². The molecule has 0 bridgehead atoms. The first-order valence-corrected chi connectivity index (χ1v) is 5.97. The number of benzene rings is 2. The summed E-state index contributed by atoms with van der Waals surface area (Å²) in [6.45, 7) is 1.48. The summed E-state index contributed by atoms with van der Waals surface area (Å²) in [5.74, 6) is -0.901. The monoisotopic (exact) mass is 263 g/mol. The number of halogens is 2. The molecule has 1 atom stereocenters. The van der Waals surface area contributed by atoms with Crippen molar-refractivity contribution in [2.24, 2.45) is 0 Å². The van der Waals surface area contributed by atoms with Crippen molar-refractivity contribution in [2.45, 2.75) is 13.0 Å². The van der Waals surface area contributed by atoms with Gasteiger partial charge in [0.25, 0.3) is 0 Å². The summed E-state index contributed by atoms with van der Waals surface area (Å²) >= 11 is 0. The van der Waals surface area contributed by atoms with Crippen LogP contribution in [0.4, 0.5) is 20.2 Å². The van der Waals surface area contributed by atoms with Gasteiger partial charge >= 0.3 is 0 Å². The molecule has 1 N–H and O–H groups in total. The quantitative estimate of drug-likeness (QED) is 0.910. The Morgan fingerprint density at radius 3 is 2.16 bits per heavy atom. The van der Waals surface area contributed by atoms with Crippen LogP contribution in [0.2, 0.25) is 0 Å². The summed E-state index contributed by atoms with van der Waals surface area (Å²) in [6.07, 6.45) is -0.967. The highest BCUT2D eigenvalue weighted by Crippen LogP contribution is 2.33. The molecule has 1 unspecified atom stereocenters. The second-order valence-corrected chi connectivity index (χ2v) is 4.36. The number of hydrogen-bond acceptors (Lipinski definition) is 2. The van der Waals surface area contributed by atoms with Crippen molar-refractivity contribution in [3.63, 3.8) is 0 Å². The van der Waals surface area contributed by atoms with Gasteiger partial charge in [-0.2, -0.15) is 0 Å². The summed E-state index contributed by atoms with van der Waals surface area (Å²) in [6, 6.07) is 10.7. The van der Waals surface area contributed by atoms with E-state index in [1.807, 2.05) is 0 Å². The molecule has 2 aromatic rings. The van der Waals surface area contributed by atoms with Crippen molar-refractivity contribution >= 4 is 11.4 Å². The van der Waals surface area contributed by atoms with E-state index in [0.29, 0.717) is 11.4 Å². The first kappa shape index (κ1) is 13.5. The number of para-hydroxylation sites is 1. The fourth-order valence-electron chi connectivity index (χ4n) is 2.09. The fourth-order valence-corrected chi connectivity index (χ4v) is 2.09. The molecule has 2 aromatic carbocycles. The molecule has 0 amide bonds. The molecule has 0 aliphatic heterocycles. The van der Waals surface area contributed by atoms with Crippen LogP contribution in [-0.2, 0) is 0 Å². The van der Waals surface area contributed by atoms with Crippen molar-refractivity contribution in [3.8, 4) is 0 Å². The maximum atomic E-state index is 13.8. The summed E-state index contributed by atoms with van der Waals surface area (Å²) in [4.78, 5) is 1.53. The lowest BCUT2D eigenvalue weighted by atomic mass is 10.1. The van der Waals surface area contributed by atoms with Crippen LogP contribution in [0.25, 0.3) is 0 Å². The van der Waals surface area contributed by atoms with Crippen molar-refractivity contribution in [1.29, 1.82) is 0 Å². The lowest BCUT2D eigenvalue weighted by molar-refractivity contribution is 0.194. The Balaban J connectivity index is 2.54. The van der Waals surface area contributed by atoms with Crippen molar-refractivity contribution in [3.05, 3.63) is 59.7 Å². The molecule has 0 saturated carbocycles. The van der Waals surface area contributed by atoms with Crippen LogP contribution >= 0.6 is 0 Å². The molecule has 2 nitrogen and oxygen atoms in total. The Morgan fingerprint density at radius 1 is 0.947 bits per heavy atom. The molecule has 19 heavy (non-hydrogen) atoms. The van der Waals surface area contributed by atoms with Crippen molar-refractivity contribution in [2.75, 3.05) is 11.9 Å². The summed E-state index contributed by atoms with van der Waals surface area (Å²) in [5, 5.41) is 9.69. The van der Waals surface area contributed by atoms with Crippen LogP contribution in [0.1, 0.15) is 18.6 Å². The number of anilines is 2. The number of hydrogen-bond donors (Lipinski definition) is 1. The van der Waals surface area contributed by atoms with Gasteiger partial charge in [0.1, 0.15) is 11.6 Å². The highest BCUT2D eigenvalue weighted by atomic mass is 19.1. The van der Waals surface area contributed by atoms with Crippen LogP contribution in [0.3, 0.4) is 0 Å². The maximum absolute atomic E-state index is 13.8. The highest BCUT2D eigenvalue weighted by Gasteiger charge is 2.18. The van der Waals surface area contributed by atoms with Crippen LogP contribution in [0.15, 0.2) is 42.5 Å². The molecule has 0 heterocycles. The molecular formula is C15H15F2NO. The van der Waals surface area contributed by atoms with Gasteiger partial charge in [-0.25, -0.2) is 8.78 Å². The van der Waals surface area contributed by atoms with Crippen LogP contribution in [0.5, 0.6) is 0 Å². The SMILES string of the molecule is CC(O)c1c(F)cccc1N(C)c1ccccc1F. The van der Waals surface area contributed by atoms with Gasteiger partial charge in [-0.05, 0) is 31.2 Å². The van der Waals surface area contributed by atoms with Crippen LogP contribution in [-0.4, -0.2) is 12.2 Å². The van der Waals surface area contributed by atoms with Gasteiger partial charge in [0, 0.05) is 18.3 Å². The molecule has 0 spiro atoms. The smallest absolute Gasteiger partial charge is 0.146 e. The zero-order valence-corrected chi connectivity index (χ0v) is 10.8. The Morgan fingerprint density at radius 2 is 1.53 bits per heavy atom. The average Bonchev–Trinajstić information content (AvgIpc) is 2.37. The van der Waals surface area contributed by atoms with Gasteiger partial charge in [0.05, 0.1) is 11.8 Å². The second-order valence-electron chi connectivity index (χ2n) is 4.36. The molecule has 100 valence electrons. The molecule has 2 rings (SSSR count). The minimum atomic E-state index is -0.967. The first-order chi connectivity index (χ1) is 9.02. The zero-order chi connectivity index (χ0) is 14.0. The van der Waals surface area contributed by atoms with Gasteiger partial charge in [0.15, 0.2) is 0 Å². The van der Waals surface area contributed by atoms with Crippen molar-refractivity contribution in [1.82, 2.24) is 0 Å². The topological polar surface area (TPSA) is 23.5 Å². The summed E-state index contributed by atoms with van der Waals surface area (Å²) < 4.78 is 27.6. The Bertz CT molecular complexity index is 584. The number of aliphatic hydroxyl groups excluding tert-OH is 1. The van der Waals surface area contributed by atoms with Crippen molar-refractivity contribution < 1.29 is 13.9 Å². The fraction of sp³-hybridized carbons (Fsp3) is 0.200. The second kappa shape index (κ2) is 5.36. The molecule has 0 saturated heterocycles. The Kier molecular flexibility index (Phi) is 3.81. The Labute approximate surface area is 110 Å². The predicted molar refractivity (Wildman–Crippen MR) is 71.5 cm³/mol. The van der Waals surface area contributed by atoms with E-state index in [4.69, 9.17) is 0 Å². The highest BCUT2D eigenvalue weighted by molar-refractivity contribution is 5.66. The third-order valence-electron chi connectivity index (χ3n) is 3.02. The van der Waals surface area contributed by atoms with E-state index in [1.54, 1.807) is 31.3 Å². The molecule has 0 aliphatic rings. The molecule has 0 radical (unpaired) electrons. The molecule has 4 heteroatoms.